The third-order valence-corrected chi connectivity index (χ3v) is 6.58. The Morgan fingerprint density at radius 3 is 2.68 bits per heavy atom. The highest BCUT2D eigenvalue weighted by molar-refractivity contribution is 7.18. The van der Waals surface area contributed by atoms with Crippen LogP contribution in [0.25, 0.3) is 10.6 Å². The Labute approximate surface area is 172 Å². The van der Waals surface area contributed by atoms with Gasteiger partial charge in [0.05, 0.1) is 5.56 Å². The molecule has 150 valence electrons. The van der Waals surface area contributed by atoms with Gasteiger partial charge in [0.1, 0.15) is 5.15 Å². The van der Waals surface area contributed by atoms with Gasteiger partial charge in [-0.05, 0) is 44.6 Å². The van der Waals surface area contributed by atoms with Crippen LogP contribution in [0.3, 0.4) is 0 Å². The van der Waals surface area contributed by atoms with E-state index in [1.54, 1.807) is 12.3 Å². The van der Waals surface area contributed by atoms with Crippen molar-refractivity contribution in [3.8, 4) is 10.6 Å². The molecule has 1 aliphatic heterocycles. The van der Waals surface area contributed by atoms with E-state index in [1.807, 2.05) is 0 Å². The molecule has 1 amide bonds. The van der Waals surface area contributed by atoms with Gasteiger partial charge < -0.3 is 20.6 Å². The average molecular weight is 423 g/mol. The van der Waals surface area contributed by atoms with Crippen molar-refractivity contribution in [2.75, 3.05) is 23.3 Å². The van der Waals surface area contributed by atoms with Gasteiger partial charge in [0.15, 0.2) is 5.01 Å². The average Bonchev–Trinajstić information content (AvgIpc) is 3.17. The lowest BCUT2D eigenvalue weighted by atomic mass is 9.92. The SMILES string of the molecule is CC(C)Nc1cc(Cl)ncc1-c1nnc(N2C[C@H]3CC[C@@H](C2)C3NC(=O)O)s1. The topological polar surface area (TPSA) is 103 Å². The van der Waals surface area contributed by atoms with E-state index < -0.39 is 6.09 Å². The molecular weight excluding hydrogens is 400 g/mol. The summed E-state index contributed by atoms with van der Waals surface area (Å²) in [4.78, 5) is 17.5. The first-order valence-electron chi connectivity index (χ1n) is 9.41. The monoisotopic (exact) mass is 422 g/mol. The fourth-order valence-corrected chi connectivity index (χ4v) is 5.28. The summed E-state index contributed by atoms with van der Waals surface area (Å²) in [6.45, 7) is 5.72. The maximum absolute atomic E-state index is 11.1. The quantitative estimate of drug-likeness (QED) is 0.633. The summed E-state index contributed by atoms with van der Waals surface area (Å²) in [6, 6.07) is 2.10. The number of nitrogens with one attached hydrogen (secondary N) is 2. The molecule has 10 heteroatoms. The van der Waals surface area contributed by atoms with Crippen LogP contribution >= 0.6 is 22.9 Å². The third-order valence-electron chi connectivity index (χ3n) is 5.35. The second-order valence-corrected chi connectivity index (χ2v) is 9.06. The summed E-state index contributed by atoms with van der Waals surface area (Å²) in [6.07, 6.45) is 2.88. The molecule has 2 bridgehead atoms. The highest BCUT2D eigenvalue weighted by Gasteiger charge is 2.43. The van der Waals surface area contributed by atoms with Gasteiger partial charge in [-0.15, -0.1) is 10.2 Å². The minimum Gasteiger partial charge on any atom is -0.465 e. The summed E-state index contributed by atoms with van der Waals surface area (Å²) in [5, 5.41) is 26.1. The lowest BCUT2D eigenvalue weighted by Gasteiger charge is -2.37. The smallest absolute Gasteiger partial charge is 0.404 e. The summed E-state index contributed by atoms with van der Waals surface area (Å²) in [7, 11) is 0. The molecule has 2 aromatic heterocycles. The minimum atomic E-state index is -0.936. The molecule has 0 radical (unpaired) electrons. The second kappa shape index (κ2) is 7.71. The minimum absolute atomic E-state index is 0.0449. The maximum Gasteiger partial charge on any atom is 0.404 e. The van der Waals surface area contributed by atoms with E-state index in [4.69, 9.17) is 16.7 Å². The van der Waals surface area contributed by atoms with E-state index >= 15 is 0 Å². The van der Waals surface area contributed by atoms with Crippen LogP contribution in [0.2, 0.25) is 5.15 Å². The number of piperidine rings is 1. The fraction of sp³-hybridized carbons (Fsp3) is 0.556. The molecule has 1 aliphatic carbocycles. The van der Waals surface area contributed by atoms with Crippen molar-refractivity contribution in [2.45, 2.75) is 38.8 Å². The highest BCUT2D eigenvalue weighted by Crippen LogP contribution is 2.41. The molecule has 3 atom stereocenters. The summed E-state index contributed by atoms with van der Waals surface area (Å²) >= 11 is 7.59. The van der Waals surface area contributed by atoms with E-state index in [9.17, 15) is 4.79 Å². The fourth-order valence-electron chi connectivity index (χ4n) is 4.24. The zero-order valence-corrected chi connectivity index (χ0v) is 17.3. The molecule has 0 aromatic carbocycles. The number of aromatic nitrogens is 3. The summed E-state index contributed by atoms with van der Waals surface area (Å²) in [5.41, 5.74) is 1.77. The second-order valence-electron chi connectivity index (χ2n) is 7.72. The number of carboxylic acid groups (broad SMARTS) is 1. The van der Waals surface area contributed by atoms with E-state index in [0.29, 0.717) is 17.0 Å². The number of rotatable bonds is 5. The number of nitrogens with zero attached hydrogens (tertiary/aromatic N) is 4. The zero-order valence-electron chi connectivity index (χ0n) is 15.7. The number of hydrogen-bond acceptors (Lipinski definition) is 7. The Morgan fingerprint density at radius 2 is 2.04 bits per heavy atom. The molecule has 1 saturated heterocycles. The van der Waals surface area contributed by atoms with Gasteiger partial charge in [0.25, 0.3) is 0 Å². The molecule has 2 aromatic rings. The Balaban J connectivity index is 1.54. The van der Waals surface area contributed by atoms with Crippen molar-refractivity contribution in [1.82, 2.24) is 20.5 Å². The molecule has 1 saturated carbocycles. The van der Waals surface area contributed by atoms with Crippen molar-refractivity contribution in [3.05, 3.63) is 17.4 Å². The van der Waals surface area contributed by atoms with Gasteiger partial charge >= 0.3 is 6.09 Å². The molecule has 8 nitrogen and oxygen atoms in total. The molecule has 0 spiro atoms. The van der Waals surface area contributed by atoms with Crippen molar-refractivity contribution >= 4 is 39.8 Å². The predicted molar refractivity (Wildman–Crippen MR) is 110 cm³/mol. The number of pyridine rings is 1. The third kappa shape index (κ3) is 3.86. The maximum atomic E-state index is 11.1. The first-order valence-corrected chi connectivity index (χ1v) is 10.6. The van der Waals surface area contributed by atoms with Gasteiger partial charge in [0, 0.05) is 37.1 Å². The molecule has 1 unspecified atom stereocenters. The first-order chi connectivity index (χ1) is 13.4. The Morgan fingerprint density at radius 1 is 1.32 bits per heavy atom. The zero-order chi connectivity index (χ0) is 19.8. The number of fused-ring (bicyclic) bond motifs is 2. The van der Waals surface area contributed by atoms with Gasteiger partial charge in [-0.25, -0.2) is 9.78 Å². The summed E-state index contributed by atoms with van der Waals surface area (Å²) < 4.78 is 0. The summed E-state index contributed by atoms with van der Waals surface area (Å²) in [5.74, 6) is 0.634. The van der Waals surface area contributed by atoms with Gasteiger partial charge in [-0.3, -0.25) is 0 Å². The highest BCUT2D eigenvalue weighted by atomic mass is 35.5. The number of hydrogen-bond donors (Lipinski definition) is 3. The number of anilines is 2. The Hall–Kier alpha value is -2.13. The van der Waals surface area contributed by atoms with Crippen molar-refractivity contribution in [2.24, 2.45) is 11.8 Å². The molecule has 2 fully saturated rings. The van der Waals surface area contributed by atoms with Crippen LogP contribution in [0.5, 0.6) is 0 Å². The molecule has 3 N–H and O–H groups in total. The first kappa shape index (κ1) is 19.2. The van der Waals surface area contributed by atoms with Gasteiger partial charge in [-0.2, -0.15) is 0 Å². The van der Waals surface area contributed by atoms with Gasteiger partial charge in [0.2, 0.25) is 5.13 Å². The Kier molecular flexibility index (Phi) is 5.29. The number of carbonyl (C=O) groups is 1. The normalized spacial score (nSPS) is 23.9. The van der Waals surface area contributed by atoms with Crippen LogP contribution in [0.4, 0.5) is 15.6 Å². The largest absolute Gasteiger partial charge is 0.465 e. The van der Waals surface area contributed by atoms with Gasteiger partial charge in [-0.1, -0.05) is 22.9 Å². The van der Waals surface area contributed by atoms with Crippen LogP contribution in [0.1, 0.15) is 26.7 Å². The van der Waals surface area contributed by atoms with Crippen LogP contribution in [0.15, 0.2) is 12.3 Å². The molecule has 4 rings (SSSR count). The predicted octanol–water partition coefficient (Wildman–Crippen LogP) is 3.56. The van der Waals surface area contributed by atoms with Crippen molar-refractivity contribution in [1.29, 1.82) is 0 Å². The van der Waals surface area contributed by atoms with E-state index in [0.717, 1.165) is 47.3 Å². The molecule has 2 aliphatic rings. The van der Waals surface area contributed by atoms with Crippen LogP contribution in [0, 0.1) is 11.8 Å². The standard InChI is InChI=1S/C18H23ClN6O2S/c1-9(2)21-13-5-14(19)20-6-12(13)16-23-24-17(28-16)25-7-10-3-4-11(8-25)15(10)22-18(26)27/h5-6,9-11,15,22H,3-4,7-8H2,1-2H3,(H,20,21)(H,26,27)/t10-,11+,15?. The molecular formula is C18H23ClN6O2S. The van der Waals surface area contributed by atoms with E-state index in [-0.39, 0.29) is 12.1 Å². The van der Waals surface area contributed by atoms with Crippen LogP contribution < -0.4 is 15.5 Å². The number of amides is 1. The number of halogens is 1. The van der Waals surface area contributed by atoms with Crippen LogP contribution in [-0.4, -0.2) is 51.6 Å². The van der Waals surface area contributed by atoms with Crippen LogP contribution in [-0.2, 0) is 0 Å². The molecule has 28 heavy (non-hydrogen) atoms. The Bertz CT molecular complexity index is 862. The van der Waals surface area contributed by atoms with E-state index in [2.05, 4.69) is 44.6 Å². The molecule has 3 heterocycles. The van der Waals surface area contributed by atoms with E-state index in [1.165, 1.54) is 11.3 Å². The lowest BCUT2D eigenvalue weighted by Crippen LogP contribution is -2.52. The lowest BCUT2D eigenvalue weighted by molar-refractivity contribution is 0.178. The van der Waals surface area contributed by atoms with Crippen molar-refractivity contribution < 1.29 is 9.90 Å². The van der Waals surface area contributed by atoms with Crippen molar-refractivity contribution in [3.63, 3.8) is 0 Å².